The third-order valence-corrected chi connectivity index (χ3v) is 4.63. The van der Waals surface area contributed by atoms with Gasteiger partial charge in [-0.15, -0.1) is 0 Å². The number of rotatable bonds is 6. The summed E-state index contributed by atoms with van der Waals surface area (Å²) in [5.41, 5.74) is 1.33. The van der Waals surface area contributed by atoms with Crippen molar-refractivity contribution in [1.82, 2.24) is 9.97 Å². The molecule has 0 aliphatic rings. The molecule has 1 aromatic heterocycles. The maximum atomic E-state index is 13.0. The molecular formula is C20H18ClN3O3. The first-order chi connectivity index (χ1) is 13.0. The SMILES string of the molecule is CCN(CC)c1ccc(C(=O)c2nc3ccccc3nc2C(=O)O)c(Cl)c1. The minimum atomic E-state index is -1.31. The summed E-state index contributed by atoms with van der Waals surface area (Å²) in [6, 6.07) is 11.9. The zero-order valence-electron chi connectivity index (χ0n) is 14.9. The summed E-state index contributed by atoms with van der Waals surface area (Å²) < 4.78 is 0. The van der Waals surface area contributed by atoms with E-state index in [1.165, 1.54) is 0 Å². The number of carboxylic acids is 1. The van der Waals surface area contributed by atoms with E-state index in [0.29, 0.717) is 11.0 Å². The quantitative estimate of drug-likeness (QED) is 0.646. The molecule has 0 unspecified atom stereocenters. The lowest BCUT2D eigenvalue weighted by atomic mass is 10.0. The number of anilines is 1. The fourth-order valence-corrected chi connectivity index (χ4v) is 3.17. The van der Waals surface area contributed by atoms with Crippen molar-refractivity contribution in [3.63, 3.8) is 0 Å². The summed E-state index contributed by atoms with van der Waals surface area (Å²) in [6.45, 7) is 5.67. The van der Waals surface area contributed by atoms with Crippen LogP contribution >= 0.6 is 11.6 Å². The Kier molecular flexibility index (Phi) is 5.37. The Morgan fingerprint density at radius 1 is 1.00 bits per heavy atom. The van der Waals surface area contributed by atoms with Gasteiger partial charge in [-0.1, -0.05) is 23.7 Å². The van der Waals surface area contributed by atoms with Crippen LogP contribution in [0.2, 0.25) is 5.02 Å². The third-order valence-electron chi connectivity index (χ3n) is 4.31. The first kappa shape index (κ1) is 18.8. The molecule has 0 aliphatic heterocycles. The van der Waals surface area contributed by atoms with Gasteiger partial charge in [0.25, 0.3) is 0 Å². The summed E-state index contributed by atoms with van der Waals surface area (Å²) in [5.74, 6) is -1.88. The number of fused-ring (bicyclic) bond motifs is 1. The van der Waals surface area contributed by atoms with Gasteiger partial charge in [0.2, 0.25) is 5.78 Å². The van der Waals surface area contributed by atoms with Gasteiger partial charge in [-0.2, -0.15) is 0 Å². The standard InChI is InChI=1S/C20H18ClN3O3/c1-3-24(4-2)12-9-10-13(14(21)11-12)19(25)17-18(20(26)27)23-16-8-6-5-7-15(16)22-17/h5-11H,3-4H2,1-2H3,(H,26,27). The van der Waals surface area contributed by atoms with Crippen LogP contribution < -0.4 is 4.90 Å². The fourth-order valence-electron chi connectivity index (χ4n) is 2.91. The molecule has 2 aromatic carbocycles. The van der Waals surface area contributed by atoms with E-state index in [1.807, 2.05) is 13.8 Å². The summed E-state index contributed by atoms with van der Waals surface area (Å²) in [5, 5.41) is 9.72. The van der Waals surface area contributed by atoms with Crippen molar-refractivity contribution in [2.75, 3.05) is 18.0 Å². The Balaban J connectivity index is 2.10. The molecule has 138 valence electrons. The van der Waals surface area contributed by atoms with Crippen molar-refractivity contribution in [2.45, 2.75) is 13.8 Å². The fraction of sp³-hybridized carbons (Fsp3) is 0.200. The van der Waals surface area contributed by atoms with E-state index in [2.05, 4.69) is 14.9 Å². The van der Waals surface area contributed by atoms with Gasteiger partial charge in [-0.3, -0.25) is 4.79 Å². The number of nitrogens with zero attached hydrogens (tertiary/aromatic N) is 3. The van der Waals surface area contributed by atoms with Crippen LogP contribution in [0.4, 0.5) is 5.69 Å². The highest BCUT2D eigenvalue weighted by atomic mass is 35.5. The molecule has 0 amide bonds. The average molecular weight is 384 g/mol. The van der Waals surface area contributed by atoms with Crippen molar-refractivity contribution in [3.05, 3.63) is 64.4 Å². The van der Waals surface area contributed by atoms with E-state index in [-0.39, 0.29) is 22.0 Å². The van der Waals surface area contributed by atoms with Gasteiger partial charge in [-0.05, 0) is 44.2 Å². The van der Waals surface area contributed by atoms with Crippen molar-refractivity contribution in [2.24, 2.45) is 0 Å². The lowest BCUT2D eigenvalue weighted by Gasteiger charge is -2.21. The molecule has 0 atom stereocenters. The first-order valence-corrected chi connectivity index (χ1v) is 8.93. The minimum Gasteiger partial charge on any atom is -0.476 e. The van der Waals surface area contributed by atoms with Crippen LogP contribution in [0.3, 0.4) is 0 Å². The number of aromatic nitrogens is 2. The summed E-state index contributed by atoms with van der Waals surface area (Å²) in [6.07, 6.45) is 0. The molecule has 0 fully saturated rings. The van der Waals surface area contributed by atoms with Gasteiger partial charge in [0.05, 0.1) is 16.1 Å². The Bertz CT molecular complexity index is 1030. The van der Waals surface area contributed by atoms with E-state index in [9.17, 15) is 14.7 Å². The molecule has 27 heavy (non-hydrogen) atoms. The second kappa shape index (κ2) is 7.72. The largest absolute Gasteiger partial charge is 0.476 e. The molecular weight excluding hydrogens is 366 g/mol. The Labute approximate surface area is 161 Å². The third kappa shape index (κ3) is 3.61. The smallest absolute Gasteiger partial charge is 0.356 e. The van der Waals surface area contributed by atoms with Crippen LogP contribution in [0.1, 0.15) is 40.4 Å². The van der Waals surface area contributed by atoms with Crippen molar-refractivity contribution in [1.29, 1.82) is 0 Å². The van der Waals surface area contributed by atoms with Gasteiger partial charge in [0, 0.05) is 24.3 Å². The molecule has 0 bridgehead atoms. The van der Waals surface area contributed by atoms with Crippen LogP contribution in [0, 0.1) is 0 Å². The molecule has 7 heteroatoms. The van der Waals surface area contributed by atoms with Gasteiger partial charge in [0.1, 0.15) is 5.69 Å². The van der Waals surface area contributed by atoms with Crippen molar-refractivity contribution < 1.29 is 14.7 Å². The zero-order chi connectivity index (χ0) is 19.6. The molecule has 0 saturated carbocycles. The number of para-hydroxylation sites is 2. The predicted molar refractivity (Wildman–Crippen MR) is 105 cm³/mol. The molecule has 3 aromatic rings. The van der Waals surface area contributed by atoms with E-state index in [0.717, 1.165) is 18.8 Å². The van der Waals surface area contributed by atoms with Gasteiger partial charge < -0.3 is 10.0 Å². The van der Waals surface area contributed by atoms with Crippen LogP contribution in [-0.2, 0) is 0 Å². The maximum Gasteiger partial charge on any atom is 0.356 e. The molecule has 0 aliphatic carbocycles. The molecule has 3 rings (SSSR count). The van der Waals surface area contributed by atoms with Crippen molar-refractivity contribution in [3.8, 4) is 0 Å². The molecule has 0 saturated heterocycles. The second-order valence-electron chi connectivity index (χ2n) is 5.88. The van der Waals surface area contributed by atoms with E-state index < -0.39 is 11.8 Å². The lowest BCUT2D eigenvalue weighted by molar-refractivity contribution is 0.0686. The normalized spacial score (nSPS) is 10.8. The molecule has 1 heterocycles. The van der Waals surface area contributed by atoms with Crippen LogP contribution in [0.15, 0.2) is 42.5 Å². The number of ketones is 1. The number of hydrogen-bond donors (Lipinski definition) is 1. The van der Waals surface area contributed by atoms with E-state index in [4.69, 9.17) is 11.6 Å². The average Bonchev–Trinajstić information content (AvgIpc) is 2.67. The van der Waals surface area contributed by atoms with Crippen molar-refractivity contribution >= 4 is 40.1 Å². The number of halogens is 1. The molecule has 1 N–H and O–H groups in total. The monoisotopic (exact) mass is 383 g/mol. The summed E-state index contributed by atoms with van der Waals surface area (Å²) in [4.78, 5) is 35.0. The minimum absolute atomic E-state index is 0.194. The maximum absolute atomic E-state index is 13.0. The van der Waals surface area contributed by atoms with Gasteiger partial charge in [-0.25, -0.2) is 14.8 Å². The highest BCUT2D eigenvalue weighted by Crippen LogP contribution is 2.26. The highest BCUT2D eigenvalue weighted by Gasteiger charge is 2.24. The summed E-state index contributed by atoms with van der Waals surface area (Å²) >= 11 is 6.34. The number of benzene rings is 2. The molecule has 0 radical (unpaired) electrons. The topological polar surface area (TPSA) is 83.4 Å². The highest BCUT2D eigenvalue weighted by molar-refractivity contribution is 6.35. The Morgan fingerprint density at radius 3 is 2.11 bits per heavy atom. The van der Waals surface area contributed by atoms with Gasteiger partial charge >= 0.3 is 5.97 Å². The van der Waals surface area contributed by atoms with Crippen LogP contribution in [-0.4, -0.2) is 39.9 Å². The zero-order valence-corrected chi connectivity index (χ0v) is 15.7. The number of hydrogen-bond acceptors (Lipinski definition) is 5. The van der Waals surface area contributed by atoms with E-state index >= 15 is 0 Å². The van der Waals surface area contributed by atoms with E-state index in [1.54, 1.807) is 42.5 Å². The molecule has 6 nitrogen and oxygen atoms in total. The summed E-state index contributed by atoms with van der Waals surface area (Å²) in [7, 11) is 0. The number of aromatic carboxylic acids is 1. The van der Waals surface area contributed by atoms with Crippen LogP contribution in [0.5, 0.6) is 0 Å². The number of carbonyl (C=O) groups is 2. The van der Waals surface area contributed by atoms with Crippen LogP contribution in [0.25, 0.3) is 11.0 Å². The Morgan fingerprint density at radius 2 is 1.59 bits per heavy atom. The number of carboxylic acid groups (broad SMARTS) is 1. The molecule has 0 spiro atoms. The van der Waals surface area contributed by atoms with Gasteiger partial charge in [0.15, 0.2) is 5.69 Å². The lowest BCUT2D eigenvalue weighted by Crippen LogP contribution is -2.22. The first-order valence-electron chi connectivity index (χ1n) is 8.55. The Hall–Kier alpha value is -2.99. The number of carbonyl (C=O) groups excluding carboxylic acids is 1. The second-order valence-corrected chi connectivity index (χ2v) is 6.29. The predicted octanol–water partition coefficient (Wildman–Crippen LogP) is 4.06.